The van der Waals surface area contributed by atoms with Crippen molar-refractivity contribution in [2.75, 3.05) is 59.4 Å². The van der Waals surface area contributed by atoms with Crippen molar-refractivity contribution in [3.8, 4) is 17.2 Å². The Kier molecular flexibility index (Phi) is 10.6. The quantitative estimate of drug-likeness (QED) is 0.146. The first-order valence-electron chi connectivity index (χ1n) is 17.9. The summed E-state index contributed by atoms with van der Waals surface area (Å²) in [6, 6.07) is 19.2. The standard InChI is InChI=1S/C40H45F2N5O6/c1-50-35-20-26(21-36(51-2)37(35)52-3)38(49)46-19-15-40(25-46,27-8-11-31(41)32(42)22-27)14-18-45-16-12-28(13-17-45)43-39-44-33-6-4-5-7-34(33)47(39)23-29-9-10-30(24-48)53-29/h4-11,20-22,28,48H,12-19,23-25H2,1-3H3,(H,43,44). The topological polar surface area (TPSA) is 114 Å². The number of carbonyl (C=O) groups is 1. The van der Waals surface area contributed by atoms with Gasteiger partial charge in [-0.25, -0.2) is 13.8 Å². The van der Waals surface area contributed by atoms with E-state index < -0.39 is 17.0 Å². The van der Waals surface area contributed by atoms with E-state index in [1.807, 2.05) is 30.3 Å². The summed E-state index contributed by atoms with van der Waals surface area (Å²) in [7, 11) is 4.51. The lowest BCUT2D eigenvalue weighted by atomic mass is 9.76. The number of halogens is 2. The Morgan fingerprint density at radius 3 is 2.36 bits per heavy atom. The van der Waals surface area contributed by atoms with Crippen molar-refractivity contribution in [2.24, 2.45) is 0 Å². The molecule has 0 spiro atoms. The Bertz CT molecular complexity index is 2050. The molecule has 2 fully saturated rings. The van der Waals surface area contributed by atoms with E-state index in [4.69, 9.17) is 23.6 Å². The maximum absolute atomic E-state index is 14.7. The van der Waals surface area contributed by atoms with Gasteiger partial charge in [-0.3, -0.25) is 4.79 Å². The van der Waals surface area contributed by atoms with Crippen LogP contribution < -0.4 is 19.5 Å². The Hall–Kier alpha value is -5.14. The molecular weight excluding hydrogens is 684 g/mol. The Balaban J connectivity index is 1.04. The van der Waals surface area contributed by atoms with Gasteiger partial charge in [-0.1, -0.05) is 18.2 Å². The van der Waals surface area contributed by atoms with Crippen LogP contribution in [0.25, 0.3) is 11.0 Å². The Labute approximate surface area is 307 Å². The molecule has 3 aromatic carbocycles. The van der Waals surface area contributed by atoms with E-state index in [-0.39, 0.29) is 18.6 Å². The first-order chi connectivity index (χ1) is 25.7. The number of hydrogen-bond donors (Lipinski definition) is 2. The molecule has 1 atom stereocenters. The van der Waals surface area contributed by atoms with E-state index in [0.29, 0.717) is 66.6 Å². The van der Waals surface area contributed by atoms with Crippen LogP contribution in [0.2, 0.25) is 0 Å². The minimum absolute atomic E-state index is 0.151. The number of aromatic nitrogens is 2. The number of amides is 1. The first-order valence-corrected chi connectivity index (χ1v) is 17.9. The minimum Gasteiger partial charge on any atom is -0.493 e. The summed E-state index contributed by atoms with van der Waals surface area (Å²) in [6.07, 6.45) is 3.06. The van der Waals surface area contributed by atoms with Gasteiger partial charge in [-0.15, -0.1) is 0 Å². The number of aliphatic hydroxyl groups excluding tert-OH is 1. The molecule has 5 aromatic rings. The van der Waals surface area contributed by atoms with Crippen LogP contribution in [0.5, 0.6) is 17.2 Å². The molecule has 2 N–H and O–H groups in total. The van der Waals surface area contributed by atoms with Crippen molar-refractivity contribution in [1.82, 2.24) is 19.4 Å². The number of ether oxygens (including phenoxy) is 3. The largest absolute Gasteiger partial charge is 0.493 e. The number of nitrogens with one attached hydrogen (secondary N) is 1. The molecular formula is C40H45F2N5O6. The third kappa shape index (κ3) is 7.40. The predicted octanol–water partition coefficient (Wildman–Crippen LogP) is 6.22. The highest BCUT2D eigenvalue weighted by atomic mass is 19.2. The van der Waals surface area contributed by atoms with Gasteiger partial charge < -0.3 is 43.4 Å². The number of nitrogens with zero attached hydrogens (tertiary/aromatic N) is 4. The van der Waals surface area contributed by atoms with Crippen LogP contribution in [-0.4, -0.2) is 90.5 Å². The summed E-state index contributed by atoms with van der Waals surface area (Å²) >= 11 is 0. The second-order valence-electron chi connectivity index (χ2n) is 13.8. The fourth-order valence-electron chi connectivity index (χ4n) is 7.79. The monoisotopic (exact) mass is 729 g/mol. The molecule has 0 saturated carbocycles. The van der Waals surface area contributed by atoms with E-state index in [1.165, 1.54) is 33.5 Å². The fraction of sp³-hybridized carbons (Fsp3) is 0.400. The zero-order valence-corrected chi connectivity index (χ0v) is 30.2. The second-order valence-corrected chi connectivity index (χ2v) is 13.8. The number of piperidine rings is 1. The SMILES string of the molecule is COc1cc(C(=O)N2CCC(CCN3CCC(Nc4nc5ccccc5n4Cc4ccc(CO)o4)CC3)(c3ccc(F)c(F)c3)C2)cc(OC)c1OC. The molecule has 53 heavy (non-hydrogen) atoms. The van der Waals surface area contributed by atoms with Gasteiger partial charge in [-0.05, 0) is 86.3 Å². The molecule has 2 aliphatic rings. The third-order valence-corrected chi connectivity index (χ3v) is 10.8. The van der Waals surface area contributed by atoms with Crippen LogP contribution >= 0.6 is 0 Å². The number of aliphatic hydroxyl groups is 1. The number of fused-ring (bicyclic) bond motifs is 1. The molecule has 0 bridgehead atoms. The number of anilines is 1. The lowest BCUT2D eigenvalue weighted by molar-refractivity contribution is 0.0779. The zero-order valence-electron chi connectivity index (χ0n) is 30.2. The van der Waals surface area contributed by atoms with Gasteiger partial charge in [0.2, 0.25) is 11.7 Å². The Morgan fingerprint density at radius 1 is 0.943 bits per heavy atom. The van der Waals surface area contributed by atoms with Crippen molar-refractivity contribution >= 4 is 22.9 Å². The van der Waals surface area contributed by atoms with Crippen molar-refractivity contribution in [1.29, 1.82) is 0 Å². The van der Waals surface area contributed by atoms with E-state index in [1.54, 1.807) is 29.2 Å². The van der Waals surface area contributed by atoms with Crippen molar-refractivity contribution in [3.63, 3.8) is 0 Å². The third-order valence-electron chi connectivity index (χ3n) is 10.8. The summed E-state index contributed by atoms with van der Waals surface area (Å²) in [5, 5.41) is 13.2. The van der Waals surface area contributed by atoms with Gasteiger partial charge in [-0.2, -0.15) is 0 Å². The van der Waals surface area contributed by atoms with Crippen LogP contribution in [0.15, 0.2) is 71.1 Å². The van der Waals surface area contributed by atoms with Crippen LogP contribution in [0, 0.1) is 11.6 Å². The number of likely N-dealkylation sites (tertiary alicyclic amines) is 2. The Morgan fingerprint density at radius 2 is 1.68 bits per heavy atom. The number of imidazole rings is 1. The lowest BCUT2D eigenvalue weighted by Gasteiger charge is -2.36. The van der Waals surface area contributed by atoms with Crippen LogP contribution in [0.4, 0.5) is 14.7 Å². The molecule has 2 aromatic heterocycles. The normalized spacial score (nSPS) is 18.1. The molecule has 2 aliphatic heterocycles. The molecule has 0 aliphatic carbocycles. The highest BCUT2D eigenvalue weighted by Gasteiger charge is 2.42. The van der Waals surface area contributed by atoms with Gasteiger partial charge in [0, 0.05) is 43.2 Å². The summed E-state index contributed by atoms with van der Waals surface area (Å²) in [5.41, 5.74) is 2.40. The van der Waals surface area contributed by atoms with E-state index >= 15 is 0 Å². The first kappa shape index (κ1) is 36.2. The van der Waals surface area contributed by atoms with Crippen molar-refractivity contribution in [3.05, 3.63) is 101 Å². The minimum atomic E-state index is -0.894. The van der Waals surface area contributed by atoms with E-state index in [2.05, 4.69) is 14.8 Å². The fourth-order valence-corrected chi connectivity index (χ4v) is 7.79. The average molecular weight is 730 g/mol. The molecule has 280 valence electrons. The number of carbonyl (C=O) groups excluding carboxylic acids is 1. The number of methoxy groups -OCH3 is 3. The van der Waals surface area contributed by atoms with Crippen LogP contribution in [0.1, 0.15) is 53.1 Å². The van der Waals surface area contributed by atoms with Crippen molar-refractivity contribution < 1.29 is 37.3 Å². The number of benzene rings is 3. The highest BCUT2D eigenvalue weighted by Crippen LogP contribution is 2.42. The lowest BCUT2D eigenvalue weighted by Crippen LogP contribution is -2.42. The number of para-hydroxylation sites is 2. The molecule has 7 rings (SSSR count). The number of furan rings is 1. The van der Waals surface area contributed by atoms with Gasteiger partial charge in [0.25, 0.3) is 5.91 Å². The van der Waals surface area contributed by atoms with Crippen LogP contribution in [-0.2, 0) is 18.6 Å². The molecule has 1 unspecified atom stereocenters. The van der Waals surface area contributed by atoms with Gasteiger partial charge in [0.15, 0.2) is 23.1 Å². The maximum atomic E-state index is 14.7. The predicted molar refractivity (Wildman–Crippen MR) is 196 cm³/mol. The molecule has 11 nitrogen and oxygen atoms in total. The molecule has 1 amide bonds. The molecule has 4 heterocycles. The summed E-state index contributed by atoms with van der Waals surface area (Å²) in [6.45, 7) is 3.57. The summed E-state index contributed by atoms with van der Waals surface area (Å²) in [5.74, 6) is 1.20. The van der Waals surface area contributed by atoms with Gasteiger partial charge in [0.1, 0.15) is 18.1 Å². The van der Waals surface area contributed by atoms with Gasteiger partial charge >= 0.3 is 0 Å². The van der Waals surface area contributed by atoms with E-state index in [0.717, 1.165) is 55.2 Å². The molecule has 2 saturated heterocycles. The summed E-state index contributed by atoms with van der Waals surface area (Å²) in [4.78, 5) is 23.0. The van der Waals surface area contributed by atoms with Gasteiger partial charge in [0.05, 0.1) is 38.9 Å². The van der Waals surface area contributed by atoms with E-state index in [9.17, 15) is 18.7 Å². The summed E-state index contributed by atoms with van der Waals surface area (Å²) < 4.78 is 53.1. The average Bonchev–Trinajstić information content (AvgIpc) is 3.93. The second kappa shape index (κ2) is 15.5. The highest BCUT2D eigenvalue weighted by molar-refractivity contribution is 5.96. The van der Waals surface area contributed by atoms with Crippen molar-refractivity contribution in [2.45, 2.75) is 50.3 Å². The zero-order chi connectivity index (χ0) is 37.1. The smallest absolute Gasteiger partial charge is 0.254 e. The van der Waals surface area contributed by atoms with Crippen LogP contribution in [0.3, 0.4) is 0 Å². The number of rotatable bonds is 13. The molecule has 0 radical (unpaired) electrons. The number of hydrogen-bond acceptors (Lipinski definition) is 9. The maximum Gasteiger partial charge on any atom is 0.254 e. The molecule has 13 heteroatoms.